The number of alkyl halides is 1. The van der Waals surface area contributed by atoms with Gasteiger partial charge in [-0.05, 0) is 19.1 Å². The summed E-state index contributed by atoms with van der Waals surface area (Å²) in [5, 5.41) is 7.16. The van der Waals surface area contributed by atoms with Gasteiger partial charge in [-0.25, -0.2) is 4.39 Å². The molecule has 17 heavy (non-hydrogen) atoms. The molecule has 0 saturated heterocycles. The van der Waals surface area contributed by atoms with Crippen LogP contribution in [0.3, 0.4) is 0 Å². The predicted molar refractivity (Wildman–Crippen MR) is 59.3 cm³/mol. The Balaban J connectivity index is 1.97. The summed E-state index contributed by atoms with van der Waals surface area (Å²) in [6.07, 6.45) is 0. The van der Waals surface area contributed by atoms with E-state index in [1.54, 1.807) is 19.1 Å². The molecule has 0 bridgehead atoms. The Hall–Kier alpha value is -1.62. The van der Waals surface area contributed by atoms with Gasteiger partial charge in [0.15, 0.2) is 6.61 Å². The number of nitrogens with zero attached hydrogens (tertiary/aromatic N) is 2. The van der Waals surface area contributed by atoms with E-state index in [4.69, 9.17) is 20.8 Å². The summed E-state index contributed by atoms with van der Waals surface area (Å²) in [5.41, 5.74) is 0. The SMILES string of the molecule is CC(Cl)c1nnc(COc2cccc(F)c2)o1. The zero-order valence-corrected chi connectivity index (χ0v) is 9.82. The van der Waals surface area contributed by atoms with Crippen molar-refractivity contribution in [2.75, 3.05) is 0 Å². The first-order chi connectivity index (χ1) is 8.15. The molecule has 0 N–H and O–H groups in total. The van der Waals surface area contributed by atoms with Gasteiger partial charge < -0.3 is 9.15 Å². The summed E-state index contributed by atoms with van der Waals surface area (Å²) in [7, 11) is 0. The number of aromatic nitrogens is 2. The Bertz CT molecular complexity index is 502. The number of hydrogen-bond acceptors (Lipinski definition) is 4. The Morgan fingerprint density at radius 2 is 2.29 bits per heavy atom. The van der Waals surface area contributed by atoms with Gasteiger partial charge in [0.1, 0.15) is 16.9 Å². The second-order valence-corrected chi connectivity index (χ2v) is 4.05. The number of ether oxygens (including phenoxy) is 1. The molecule has 0 saturated carbocycles. The van der Waals surface area contributed by atoms with Crippen LogP contribution in [-0.4, -0.2) is 10.2 Å². The van der Waals surface area contributed by atoms with Crippen molar-refractivity contribution in [1.29, 1.82) is 0 Å². The zero-order chi connectivity index (χ0) is 12.3. The van der Waals surface area contributed by atoms with Crippen molar-refractivity contribution >= 4 is 11.6 Å². The first kappa shape index (κ1) is 11.9. The van der Waals surface area contributed by atoms with Gasteiger partial charge in [0.05, 0.1) is 0 Å². The molecule has 1 heterocycles. The fraction of sp³-hybridized carbons (Fsp3) is 0.273. The van der Waals surface area contributed by atoms with Crippen LogP contribution in [0, 0.1) is 5.82 Å². The monoisotopic (exact) mass is 256 g/mol. The molecular formula is C11H10ClFN2O2. The molecule has 0 aliphatic heterocycles. The number of benzene rings is 1. The third kappa shape index (κ3) is 3.17. The van der Waals surface area contributed by atoms with Crippen LogP contribution in [-0.2, 0) is 6.61 Å². The van der Waals surface area contributed by atoms with E-state index in [0.717, 1.165) is 0 Å². The van der Waals surface area contributed by atoms with Gasteiger partial charge in [0.25, 0.3) is 5.89 Å². The molecule has 2 aromatic rings. The van der Waals surface area contributed by atoms with Crippen LogP contribution in [0.1, 0.15) is 24.1 Å². The number of rotatable bonds is 4. The van der Waals surface area contributed by atoms with Crippen LogP contribution >= 0.6 is 11.6 Å². The molecule has 2 rings (SSSR count). The average molecular weight is 257 g/mol. The largest absolute Gasteiger partial charge is 0.484 e. The average Bonchev–Trinajstić information content (AvgIpc) is 2.75. The van der Waals surface area contributed by atoms with Crippen LogP contribution in [0.15, 0.2) is 28.7 Å². The molecule has 90 valence electrons. The number of hydrogen-bond donors (Lipinski definition) is 0. The molecule has 1 aromatic carbocycles. The Labute approximate surface area is 102 Å². The van der Waals surface area contributed by atoms with Crippen molar-refractivity contribution < 1.29 is 13.5 Å². The van der Waals surface area contributed by atoms with Crippen LogP contribution in [0.2, 0.25) is 0 Å². The highest BCUT2D eigenvalue weighted by Gasteiger charge is 2.11. The lowest BCUT2D eigenvalue weighted by molar-refractivity contribution is 0.258. The Morgan fingerprint density at radius 3 is 2.94 bits per heavy atom. The third-order valence-electron chi connectivity index (χ3n) is 1.98. The molecular weight excluding hydrogens is 247 g/mol. The minimum atomic E-state index is -0.358. The van der Waals surface area contributed by atoms with Gasteiger partial charge in [-0.3, -0.25) is 0 Å². The first-order valence-corrected chi connectivity index (χ1v) is 5.43. The molecule has 1 aromatic heterocycles. The topological polar surface area (TPSA) is 48.2 Å². The van der Waals surface area contributed by atoms with Crippen molar-refractivity contribution in [3.8, 4) is 5.75 Å². The summed E-state index contributed by atoms with van der Waals surface area (Å²) >= 11 is 5.77. The summed E-state index contributed by atoms with van der Waals surface area (Å²) < 4.78 is 23.4. The second kappa shape index (κ2) is 5.14. The lowest BCUT2D eigenvalue weighted by Gasteiger charge is -2.02. The van der Waals surface area contributed by atoms with Crippen LogP contribution in [0.4, 0.5) is 4.39 Å². The molecule has 0 amide bonds. The second-order valence-electron chi connectivity index (χ2n) is 3.40. The molecule has 0 spiro atoms. The van der Waals surface area contributed by atoms with Crippen LogP contribution < -0.4 is 4.74 Å². The smallest absolute Gasteiger partial charge is 0.253 e. The van der Waals surface area contributed by atoms with Crippen molar-refractivity contribution in [3.05, 3.63) is 41.9 Å². The zero-order valence-electron chi connectivity index (χ0n) is 9.06. The minimum absolute atomic E-state index is 0.0834. The van der Waals surface area contributed by atoms with Crippen molar-refractivity contribution in [1.82, 2.24) is 10.2 Å². The standard InChI is InChI=1S/C11H10ClFN2O2/c1-7(12)11-15-14-10(17-11)6-16-9-4-2-3-8(13)5-9/h2-5,7H,6H2,1H3. The molecule has 0 fully saturated rings. The third-order valence-corrected chi connectivity index (χ3v) is 2.17. The quantitative estimate of drug-likeness (QED) is 0.789. The van der Waals surface area contributed by atoms with E-state index < -0.39 is 0 Å². The van der Waals surface area contributed by atoms with Gasteiger partial charge in [-0.1, -0.05) is 6.07 Å². The molecule has 0 aliphatic rings. The van der Waals surface area contributed by atoms with E-state index in [1.807, 2.05) is 0 Å². The maximum absolute atomic E-state index is 12.9. The minimum Gasteiger partial charge on any atom is -0.484 e. The molecule has 1 unspecified atom stereocenters. The Kier molecular flexibility index (Phi) is 3.58. The van der Waals surface area contributed by atoms with E-state index >= 15 is 0 Å². The normalized spacial score (nSPS) is 12.4. The van der Waals surface area contributed by atoms with Crippen LogP contribution in [0.5, 0.6) is 5.75 Å². The first-order valence-electron chi connectivity index (χ1n) is 5.00. The molecule has 0 radical (unpaired) electrons. The highest BCUT2D eigenvalue weighted by Crippen LogP contribution is 2.18. The highest BCUT2D eigenvalue weighted by molar-refractivity contribution is 6.20. The van der Waals surface area contributed by atoms with Crippen molar-refractivity contribution in [3.63, 3.8) is 0 Å². The van der Waals surface area contributed by atoms with E-state index in [-0.39, 0.29) is 17.8 Å². The summed E-state index contributed by atoms with van der Waals surface area (Å²) in [6.45, 7) is 1.81. The molecule has 1 atom stereocenters. The van der Waals surface area contributed by atoms with E-state index in [1.165, 1.54) is 12.1 Å². The van der Waals surface area contributed by atoms with Crippen LogP contribution in [0.25, 0.3) is 0 Å². The molecule has 6 heteroatoms. The van der Waals surface area contributed by atoms with Crippen molar-refractivity contribution in [2.24, 2.45) is 0 Å². The fourth-order valence-corrected chi connectivity index (χ4v) is 1.28. The lowest BCUT2D eigenvalue weighted by Crippen LogP contribution is -1.95. The fourth-order valence-electron chi connectivity index (χ4n) is 1.19. The molecule has 0 aliphatic carbocycles. The maximum atomic E-state index is 12.9. The van der Waals surface area contributed by atoms with Gasteiger partial charge in [0, 0.05) is 6.07 Å². The Morgan fingerprint density at radius 1 is 1.47 bits per heavy atom. The summed E-state index contributed by atoms with van der Waals surface area (Å²) in [4.78, 5) is 0. The highest BCUT2D eigenvalue weighted by atomic mass is 35.5. The maximum Gasteiger partial charge on any atom is 0.253 e. The predicted octanol–water partition coefficient (Wildman–Crippen LogP) is 3.09. The van der Waals surface area contributed by atoms with Crippen molar-refractivity contribution in [2.45, 2.75) is 18.9 Å². The van der Waals surface area contributed by atoms with Gasteiger partial charge in [-0.2, -0.15) is 0 Å². The van der Waals surface area contributed by atoms with E-state index in [9.17, 15) is 4.39 Å². The summed E-state index contributed by atoms with van der Waals surface area (Å²) in [6, 6.07) is 5.82. The lowest BCUT2D eigenvalue weighted by atomic mass is 10.3. The van der Waals surface area contributed by atoms with Gasteiger partial charge in [-0.15, -0.1) is 21.8 Å². The van der Waals surface area contributed by atoms with E-state index in [0.29, 0.717) is 17.5 Å². The summed E-state index contributed by atoms with van der Waals surface area (Å²) in [5.74, 6) is 0.688. The van der Waals surface area contributed by atoms with E-state index in [2.05, 4.69) is 10.2 Å². The molecule has 4 nitrogen and oxygen atoms in total. The number of halogens is 2. The van der Waals surface area contributed by atoms with Gasteiger partial charge in [0.2, 0.25) is 5.89 Å². The van der Waals surface area contributed by atoms with Gasteiger partial charge >= 0.3 is 0 Å².